The minimum Gasteiger partial charge on any atom is -0.323 e. The first-order chi connectivity index (χ1) is 6.70. The van der Waals surface area contributed by atoms with Crippen LogP contribution in [0.5, 0.6) is 0 Å². The van der Waals surface area contributed by atoms with Crippen molar-refractivity contribution in [1.29, 1.82) is 0 Å². The summed E-state index contributed by atoms with van der Waals surface area (Å²) in [4.78, 5) is 4.34. The van der Waals surface area contributed by atoms with Crippen molar-refractivity contribution in [1.82, 2.24) is 4.98 Å². The van der Waals surface area contributed by atoms with E-state index in [1.807, 2.05) is 19.2 Å². The lowest BCUT2D eigenvalue weighted by Gasteiger charge is -2.10. The zero-order valence-electron chi connectivity index (χ0n) is 8.49. The number of hydrogen-bond donors (Lipinski definition) is 1. The maximum Gasteiger partial charge on any atom is 0.0648 e. The molecule has 0 saturated heterocycles. The molecular weight excluding hydrogens is 172 g/mol. The van der Waals surface area contributed by atoms with Gasteiger partial charge in [0.25, 0.3) is 0 Å². The maximum absolute atomic E-state index is 5.89. The lowest BCUT2D eigenvalue weighted by atomic mass is 10.0. The van der Waals surface area contributed by atoms with Crippen molar-refractivity contribution in [2.75, 3.05) is 0 Å². The molecule has 2 N–H and O–H groups in total. The van der Waals surface area contributed by atoms with Gasteiger partial charge in [0.2, 0.25) is 0 Å². The van der Waals surface area contributed by atoms with Crippen molar-refractivity contribution in [2.24, 2.45) is 5.73 Å². The van der Waals surface area contributed by atoms with Crippen molar-refractivity contribution in [2.45, 2.75) is 19.9 Å². The fourth-order valence-electron chi connectivity index (χ4n) is 1.79. The number of nitrogens with zero attached hydrogens (tertiary/aromatic N) is 1. The summed E-state index contributed by atoms with van der Waals surface area (Å²) in [5.41, 5.74) is 8.11. The highest BCUT2D eigenvalue weighted by atomic mass is 14.8. The fraction of sp³-hybridized carbons (Fsp3) is 0.250. The van der Waals surface area contributed by atoms with Crippen LogP contribution < -0.4 is 5.73 Å². The predicted molar refractivity (Wildman–Crippen MR) is 59.1 cm³/mol. The first-order valence-corrected chi connectivity index (χ1v) is 4.80. The van der Waals surface area contributed by atoms with Crippen LogP contribution in [0.15, 0.2) is 30.5 Å². The molecule has 2 rings (SSSR count). The van der Waals surface area contributed by atoms with Crippen LogP contribution in [-0.4, -0.2) is 4.98 Å². The van der Waals surface area contributed by atoms with E-state index in [0.717, 1.165) is 5.69 Å². The number of nitrogens with two attached hydrogens (primary N) is 1. The van der Waals surface area contributed by atoms with Gasteiger partial charge in [0, 0.05) is 17.6 Å². The summed E-state index contributed by atoms with van der Waals surface area (Å²) in [6, 6.07) is 8.25. The normalized spacial score (nSPS) is 13.1. The van der Waals surface area contributed by atoms with Crippen LogP contribution in [0.4, 0.5) is 0 Å². The SMILES string of the molecule is Cc1cccc2ccnc(C(C)N)c12. The van der Waals surface area contributed by atoms with Crippen LogP contribution in [0.3, 0.4) is 0 Å². The minimum absolute atomic E-state index is 0.0141. The van der Waals surface area contributed by atoms with E-state index in [0.29, 0.717) is 0 Å². The summed E-state index contributed by atoms with van der Waals surface area (Å²) < 4.78 is 0. The summed E-state index contributed by atoms with van der Waals surface area (Å²) in [7, 11) is 0. The van der Waals surface area contributed by atoms with Gasteiger partial charge < -0.3 is 5.73 Å². The highest BCUT2D eigenvalue weighted by Crippen LogP contribution is 2.23. The van der Waals surface area contributed by atoms with Gasteiger partial charge in [-0.3, -0.25) is 4.98 Å². The molecule has 0 saturated carbocycles. The van der Waals surface area contributed by atoms with Gasteiger partial charge in [-0.05, 0) is 30.9 Å². The molecule has 1 aromatic heterocycles. The zero-order chi connectivity index (χ0) is 10.1. The van der Waals surface area contributed by atoms with Gasteiger partial charge in [-0.2, -0.15) is 0 Å². The first kappa shape index (κ1) is 9.16. The molecule has 14 heavy (non-hydrogen) atoms. The van der Waals surface area contributed by atoms with Crippen LogP contribution in [0.25, 0.3) is 10.8 Å². The number of aryl methyl sites for hydroxylation is 1. The van der Waals surface area contributed by atoms with E-state index in [-0.39, 0.29) is 6.04 Å². The number of fused-ring (bicyclic) bond motifs is 1. The minimum atomic E-state index is -0.0141. The molecule has 2 aromatic rings. The maximum atomic E-state index is 5.89. The molecule has 72 valence electrons. The smallest absolute Gasteiger partial charge is 0.0648 e. The van der Waals surface area contributed by atoms with Gasteiger partial charge in [0.1, 0.15) is 0 Å². The topological polar surface area (TPSA) is 38.9 Å². The number of benzene rings is 1. The van der Waals surface area contributed by atoms with Crippen LogP contribution in [0.2, 0.25) is 0 Å². The van der Waals surface area contributed by atoms with E-state index in [9.17, 15) is 0 Å². The highest BCUT2D eigenvalue weighted by molar-refractivity contribution is 5.87. The van der Waals surface area contributed by atoms with E-state index in [2.05, 4.69) is 30.1 Å². The molecule has 0 bridgehead atoms. The quantitative estimate of drug-likeness (QED) is 0.743. The average molecular weight is 186 g/mol. The Kier molecular flexibility index (Phi) is 2.22. The number of pyridine rings is 1. The Labute approximate surface area is 83.8 Å². The van der Waals surface area contributed by atoms with Gasteiger partial charge in [-0.25, -0.2) is 0 Å². The molecule has 1 unspecified atom stereocenters. The number of rotatable bonds is 1. The first-order valence-electron chi connectivity index (χ1n) is 4.80. The Hall–Kier alpha value is -1.41. The third-order valence-electron chi connectivity index (χ3n) is 2.46. The third kappa shape index (κ3) is 1.38. The second-order valence-corrected chi connectivity index (χ2v) is 3.66. The Morgan fingerprint density at radius 1 is 1.29 bits per heavy atom. The van der Waals surface area contributed by atoms with Gasteiger partial charge >= 0.3 is 0 Å². The van der Waals surface area contributed by atoms with Crippen LogP contribution in [-0.2, 0) is 0 Å². The van der Waals surface area contributed by atoms with Crippen molar-refractivity contribution in [3.05, 3.63) is 41.7 Å². The molecule has 0 radical (unpaired) electrons. The summed E-state index contributed by atoms with van der Waals surface area (Å²) in [5.74, 6) is 0. The number of aromatic nitrogens is 1. The van der Waals surface area contributed by atoms with E-state index < -0.39 is 0 Å². The summed E-state index contributed by atoms with van der Waals surface area (Å²) in [5, 5.41) is 2.41. The lowest BCUT2D eigenvalue weighted by Crippen LogP contribution is -2.08. The van der Waals surface area contributed by atoms with Crippen LogP contribution >= 0.6 is 0 Å². The molecule has 2 heteroatoms. The molecular formula is C12H14N2. The monoisotopic (exact) mass is 186 g/mol. The van der Waals surface area contributed by atoms with Crippen molar-refractivity contribution >= 4 is 10.8 Å². The molecule has 1 aromatic carbocycles. The molecule has 0 aliphatic carbocycles. The Balaban J connectivity index is 2.84. The Morgan fingerprint density at radius 3 is 2.79 bits per heavy atom. The predicted octanol–water partition coefficient (Wildman–Crippen LogP) is 2.56. The van der Waals surface area contributed by atoms with Crippen molar-refractivity contribution < 1.29 is 0 Å². The van der Waals surface area contributed by atoms with E-state index in [1.54, 1.807) is 0 Å². The molecule has 0 aliphatic heterocycles. The standard InChI is InChI=1S/C12H14N2/c1-8-4-3-5-10-6-7-14-12(9(2)13)11(8)10/h3-7,9H,13H2,1-2H3. The van der Waals surface area contributed by atoms with Crippen LogP contribution in [0.1, 0.15) is 24.2 Å². The molecule has 2 nitrogen and oxygen atoms in total. The largest absolute Gasteiger partial charge is 0.323 e. The van der Waals surface area contributed by atoms with Crippen LogP contribution in [0, 0.1) is 6.92 Å². The van der Waals surface area contributed by atoms with Gasteiger partial charge in [0.15, 0.2) is 0 Å². The van der Waals surface area contributed by atoms with Gasteiger partial charge in [-0.1, -0.05) is 18.2 Å². The van der Waals surface area contributed by atoms with E-state index in [4.69, 9.17) is 5.73 Å². The second kappa shape index (κ2) is 3.39. The zero-order valence-corrected chi connectivity index (χ0v) is 8.49. The Morgan fingerprint density at radius 2 is 2.07 bits per heavy atom. The van der Waals surface area contributed by atoms with E-state index in [1.165, 1.54) is 16.3 Å². The van der Waals surface area contributed by atoms with Crippen molar-refractivity contribution in [3.63, 3.8) is 0 Å². The molecule has 1 heterocycles. The Bertz CT molecular complexity index is 456. The number of hydrogen-bond acceptors (Lipinski definition) is 2. The second-order valence-electron chi connectivity index (χ2n) is 3.66. The average Bonchev–Trinajstić information content (AvgIpc) is 2.17. The highest BCUT2D eigenvalue weighted by Gasteiger charge is 2.07. The van der Waals surface area contributed by atoms with Crippen molar-refractivity contribution in [3.8, 4) is 0 Å². The molecule has 0 aliphatic rings. The van der Waals surface area contributed by atoms with E-state index >= 15 is 0 Å². The molecule has 0 spiro atoms. The lowest BCUT2D eigenvalue weighted by molar-refractivity contribution is 0.791. The summed E-state index contributed by atoms with van der Waals surface area (Å²) in [6.45, 7) is 4.06. The fourth-order valence-corrected chi connectivity index (χ4v) is 1.79. The summed E-state index contributed by atoms with van der Waals surface area (Å²) in [6.07, 6.45) is 1.82. The molecule has 0 fully saturated rings. The third-order valence-corrected chi connectivity index (χ3v) is 2.46. The summed E-state index contributed by atoms with van der Waals surface area (Å²) >= 11 is 0. The van der Waals surface area contributed by atoms with Gasteiger partial charge in [0.05, 0.1) is 5.69 Å². The molecule has 1 atom stereocenters. The van der Waals surface area contributed by atoms with Gasteiger partial charge in [-0.15, -0.1) is 0 Å². The molecule has 0 amide bonds.